The van der Waals surface area contributed by atoms with Gasteiger partial charge in [-0.2, -0.15) is 0 Å². The second-order valence-electron chi connectivity index (χ2n) is 4.83. The topological polar surface area (TPSA) is 29.1 Å². The van der Waals surface area contributed by atoms with Crippen LogP contribution in [0.3, 0.4) is 0 Å². The van der Waals surface area contributed by atoms with Crippen molar-refractivity contribution < 1.29 is 9.18 Å². The van der Waals surface area contributed by atoms with E-state index < -0.39 is 0 Å². The summed E-state index contributed by atoms with van der Waals surface area (Å²) in [4.78, 5) is 12.3. The van der Waals surface area contributed by atoms with Crippen LogP contribution in [0.2, 0.25) is 5.02 Å². The predicted octanol–water partition coefficient (Wildman–Crippen LogP) is 4.88. The molecule has 2 aromatic rings. The van der Waals surface area contributed by atoms with Gasteiger partial charge in [0.1, 0.15) is 5.82 Å². The smallest absolute Gasteiger partial charge is 0.252 e. The second kappa shape index (κ2) is 6.75. The minimum Gasteiger partial charge on any atom is -0.345 e. The molecule has 21 heavy (non-hydrogen) atoms. The quantitative estimate of drug-likeness (QED) is 0.708. The van der Waals surface area contributed by atoms with E-state index in [0.717, 1.165) is 9.13 Å². The Balaban J connectivity index is 2.18. The van der Waals surface area contributed by atoms with Gasteiger partial charge in [0.05, 0.1) is 11.6 Å². The minimum atomic E-state index is -0.289. The molecule has 1 atom stereocenters. The molecule has 2 rings (SSSR count). The number of rotatable bonds is 3. The Morgan fingerprint density at radius 1 is 1.29 bits per heavy atom. The number of hydrogen-bond acceptors (Lipinski definition) is 1. The van der Waals surface area contributed by atoms with Crippen molar-refractivity contribution >= 4 is 40.1 Å². The first kappa shape index (κ1) is 16.2. The Morgan fingerprint density at radius 3 is 2.67 bits per heavy atom. The van der Waals surface area contributed by atoms with Crippen molar-refractivity contribution in [3.8, 4) is 0 Å². The van der Waals surface area contributed by atoms with Crippen LogP contribution in [0.4, 0.5) is 4.39 Å². The van der Waals surface area contributed by atoms with Crippen LogP contribution in [0.15, 0.2) is 36.4 Å². The summed E-state index contributed by atoms with van der Waals surface area (Å²) in [6.07, 6.45) is 0. The fourth-order valence-electron chi connectivity index (χ4n) is 1.91. The van der Waals surface area contributed by atoms with Gasteiger partial charge in [0.2, 0.25) is 0 Å². The number of aryl methyl sites for hydroxylation is 1. The summed E-state index contributed by atoms with van der Waals surface area (Å²) >= 11 is 8.00. The summed E-state index contributed by atoms with van der Waals surface area (Å²) in [7, 11) is 0. The van der Waals surface area contributed by atoms with Gasteiger partial charge in [-0.3, -0.25) is 4.79 Å². The van der Waals surface area contributed by atoms with Crippen LogP contribution in [0.5, 0.6) is 0 Å². The van der Waals surface area contributed by atoms with Gasteiger partial charge in [0.25, 0.3) is 5.91 Å². The molecular weight excluding hydrogens is 404 g/mol. The minimum absolute atomic E-state index is 0.226. The molecule has 0 saturated heterocycles. The number of halogens is 3. The zero-order valence-electron chi connectivity index (χ0n) is 11.6. The molecule has 0 heterocycles. The molecule has 1 amide bonds. The van der Waals surface area contributed by atoms with E-state index in [1.807, 2.05) is 13.0 Å². The van der Waals surface area contributed by atoms with E-state index in [4.69, 9.17) is 11.6 Å². The maximum atomic E-state index is 13.6. The van der Waals surface area contributed by atoms with Crippen molar-refractivity contribution in [1.82, 2.24) is 5.32 Å². The van der Waals surface area contributed by atoms with E-state index in [1.165, 1.54) is 6.07 Å². The molecular formula is C16H14ClFINO. The summed E-state index contributed by atoms with van der Waals surface area (Å²) < 4.78 is 14.4. The SMILES string of the molecule is Cc1ccc(C(C)NC(=O)c2cc(Cl)ccc2I)cc1F. The first-order chi connectivity index (χ1) is 9.88. The third-order valence-corrected chi connectivity index (χ3v) is 4.39. The van der Waals surface area contributed by atoms with Crippen molar-refractivity contribution in [2.24, 2.45) is 0 Å². The van der Waals surface area contributed by atoms with Crippen LogP contribution in [0.1, 0.15) is 34.5 Å². The maximum absolute atomic E-state index is 13.6. The molecule has 0 aliphatic carbocycles. The summed E-state index contributed by atoms with van der Waals surface area (Å²) in [5.41, 5.74) is 1.83. The Bertz CT molecular complexity index is 690. The Hall–Kier alpha value is -1.14. The molecule has 1 N–H and O–H groups in total. The van der Waals surface area contributed by atoms with Crippen molar-refractivity contribution in [2.45, 2.75) is 19.9 Å². The van der Waals surface area contributed by atoms with E-state index in [2.05, 4.69) is 27.9 Å². The fourth-order valence-corrected chi connectivity index (χ4v) is 2.66. The average molecular weight is 418 g/mol. The molecule has 0 aromatic heterocycles. The van der Waals surface area contributed by atoms with Crippen molar-refractivity contribution in [1.29, 1.82) is 0 Å². The lowest BCUT2D eigenvalue weighted by atomic mass is 10.1. The van der Waals surface area contributed by atoms with Crippen LogP contribution >= 0.6 is 34.2 Å². The van der Waals surface area contributed by atoms with Crippen molar-refractivity contribution in [3.05, 3.63) is 67.5 Å². The Kier molecular flexibility index (Phi) is 5.22. The van der Waals surface area contributed by atoms with E-state index >= 15 is 0 Å². The lowest BCUT2D eigenvalue weighted by molar-refractivity contribution is 0.0939. The van der Waals surface area contributed by atoms with E-state index in [0.29, 0.717) is 16.1 Å². The second-order valence-corrected chi connectivity index (χ2v) is 6.43. The zero-order valence-corrected chi connectivity index (χ0v) is 14.5. The number of amides is 1. The van der Waals surface area contributed by atoms with Crippen molar-refractivity contribution in [3.63, 3.8) is 0 Å². The molecule has 0 radical (unpaired) electrons. The number of carbonyl (C=O) groups excluding carboxylic acids is 1. The molecule has 2 nitrogen and oxygen atoms in total. The lowest BCUT2D eigenvalue weighted by Gasteiger charge is -2.16. The molecule has 110 valence electrons. The van der Waals surface area contributed by atoms with Gasteiger partial charge in [0.15, 0.2) is 0 Å². The Morgan fingerprint density at radius 2 is 2.00 bits per heavy atom. The number of benzene rings is 2. The highest BCUT2D eigenvalue weighted by Crippen LogP contribution is 2.20. The van der Waals surface area contributed by atoms with Gasteiger partial charge in [0, 0.05) is 8.59 Å². The highest BCUT2D eigenvalue weighted by molar-refractivity contribution is 14.1. The summed E-state index contributed by atoms with van der Waals surface area (Å²) in [6.45, 7) is 3.52. The van der Waals surface area contributed by atoms with E-state index in [-0.39, 0.29) is 17.8 Å². The van der Waals surface area contributed by atoms with E-state index in [9.17, 15) is 9.18 Å². The first-order valence-electron chi connectivity index (χ1n) is 6.40. The highest BCUT2D eigenvalue weighted by atomic mass is 127. The van der Waals surface area contributed by atoms with Crippen LogP contribution < -0.4 is 5.32 Å². The van der Waals surface area contributed by atoms with Crippen LogP contribution in [-0.2, 0) is 0 Å². The molecule has 0 spiro atoms. The molecule has 0 saturated carbocycles. The van der Waals surface area contributed by atoms with E-state index in [1.54, 1.807) is 31.2 Å². The molecule has 1 unspecified atom stereocenters. The standard InChI is InChI=1S/C16H14ClFINO/c1-9-3-4-11(7-14(9)18)10(2)20-16(21)13-8-12(17)5-6-15(13)19/h3-8,10H,1-2H3,(H,20,21). The lowest BCUT2D eigenvalue weighted by Crippen LogP contribution is -2.27. The first-order valence-corrected chi connectivity index (χ1v) is 7.86. The van der Waals surface area contributed by atoms with Gasteiger partial charge in [-0.05, 0) is 71.8 Å². The fraction of sp³-hybridized carbons (Fsp3) is 0.188. The summed E-state index contributed by atoms with van der Waals surface area (Å²) in [5.74, 6) is -0.499. The van der Waals surface area contributed by atoms with Crippen LogP contribution in [-0.4, -0.2) is 5.91 Å². The van der Waals surface area contributed by atoms with Gasteiger partial charge in [-0.15, -0.1) is 0 Å². The largest absolute Gasteiger partial charge is 0.345 e. The number of hydrogen-bond donors (Lipinski definition) is 1. The molecule has 0 fully saturated rings. The zero-order chi connectivity index (χ0) is 15.6. The van der Waals surface area contributed by atoms with Gasteiger partial charge < -0.3 is 5.32 Å². The molecule has 2 aromatic carbocycles. The van der Waals surface area contributed by atoms with Gasteiger partial charge in [-0.25, -0.2) is 4.39 Å². The highest BCUT2D eigenvalue weighted by Gasteiger charge is 2.15. The van der Waals surface area contributed by atoms with Gasteiger partial charge in [-0.1, -0.05) is 23.7 Å². The predicted molar refractivity (Wildman–Crippen MR) is 91.2 cm³/mol. The monoisotopic (exact) mass is 417 g/mol. The number of carbonyl (C=O) groups is 1. The third kappa shape index (κ3) is 3.95. The van der Waals surface area contributed by atoms with Crippen LogP contribution in [0.25, 0.3) is 0 Å². The summed E-state index contributed by atoms with van der Waals surface area (Å²) in [6, 6.07) is 9.82. The van der Waals surface area contributed by atoms with Crippen LogP contribution in [0, 0.1) is 16.3 Å². The number of nitrogens with one attached hydrogen (secondary N) is 1. The Labute approximate surface area is 141 Å². The molecule has 0 aliphatic rings. The summed E-state index contributed by atoms with van der Waals surface area (Å²) in [5, 5.41) is 3.37. The third-order valence-electron chi connectivity index (χ3n) is 3.22. The molecule has 0 bridgehead atoms. The molecule has 5 heteroatoms. The average Bonchev–Trinajstić information content (AvgIpc) is 2.44. The maximum Gasteiger partial charge on any atom is 0.252 e. The van der Waals surface area contributed by atoms with Gasteiger partial charge >= 0.3 is 0 Å². The van der Waals surface area contributed by atoms with Crippen molar-refractivity contribution in [2.75, 3.05) is 0 Å². The molecule has 0 aliphatic heterocycles. The normalized spacial score (nSPS) is 12.0.